The largest absolute Gasteiger partial charge is 0.462 e. The second-order valence-corrected chi connectivity index (χ2v) is 18.1. The molecule has 50 heavy (non-hydrogen) atoms. The number of ether oxygens (including phenoxy) is 2. The number of benzene rings is 1. The lowest BCUT2D eigenvalue weighted by molar-refractivity contribution is -0.153. The van der Waals surface area contributed by atoms with Crippen molar-refractivity contribution in [3.8, 4) is 5.75 Å². The molecule has 8 atom stereocenters. The van der Waals surface area contributed by atoms with Crippen LogP contribution in [-0.4, -0.2) is 18.0 Å². The lowest BCUT2D eigenvalue weighted by Gasteiger charge is -2.58. The molecular weight excluding hydrogens is 617 g/mol. The number of esters is 2. The number of carbonyl (C=O) groups is 2. The molecule has 280 valence electrons. The number of fused-ring (bicyclic) bond motifs is 5. The molecule has 0 radical (unpaired) electrons. The third-order valence-electron chi connectivity index (χ3n) is 14.3. The Morgan fingerprint density at radius 1 is 0.820 bits per heavy atom. The zero-order valence-electron chi connectivity index (χ0n) is 32.9. The van der Waals surface area contributed by atoms with E-state index in [2.05, 4.69) is 53.7 Å². The van der Waals surface area contributed by atoms with Gasteiger partial charge in [0.05, 0.1) is 12.8 Å². The minimum absolute atomic E-state index is 0.0545. The van der Waals surface area contributed by atoms with Crippen LogP contribution in [-0.2, 0) is 20.7 Å². The number of carbonyl (C=O) groups excluding carboxylic acids is 2. The van der Waals surface area contributed by atoms with E-state index < -0.39 is 0 Å². The number of rotatable bonds is 18. The Labute approximate surface area is 306 Å². The quantitative estimate of drug-likeness (QED) is 0.0667. The predicted molar refractivity (Wildman–Crippen MR) is 206 cm³/mol. The SMILES string of the molecule is CCCCCCCCCc1ccccc1OC(=O)CCC(=O)OC1CC[C@@]2(C)C(=CCC3C2CC[C@@]2(C)C3CC[C@@H]2[C@H](C)CCCC(C)C)C1. The summed E-state index contributed by atoms with van der Waals surface area (Å²) in [6, 6.07) is 7.85. The van der Waals surface area contributed by atoms with Crippen molar-refractivity contribution in [2.45, 2.75) is 182 Å². The molecule has 0 bridgehead atoms. The summed E-state index contributed by atoms with van der Waals surface area (Å²) in [4.78, 5) is 25.8. The highest BCUT2D eigenvalue weighted by atomic mass is 16.5. The Bertz CT molecular complexity index is 1280. The third kappa shape index (κ3) is 9.46. The van der Waals surface area contributed by atoms with Crippen molar-refractivity contribution in [3.05, 3.63) is 41.5 Å². The maximum Gasteiger partial charge on any atom is 0.311 e. The fraction of sp³-hybridized carbons (Fsp3) is 0.783. The van der Waals surface area contributed by atoms with Gasteiger partial charge in [0.1, 0.15) is 11.9 Å². The molecule has 4 aliphatic rings. The van der Waals surface area contributed by atoms with Gasteiger partial charge in [-0.25, -0.2) is 0 Å². The molecule has 1 aromatic rings. The highest BCUT2D eigenvalue weighted by Crippen LogP contribution is 2.67. The normalized spacial score (nSPS) is 30.9. The van der Waals surface area contributed by atoms with Gasteiger partial charge in [0.25, 0.3) is 0 Å². The molecule has 3 saturated carbocycles. The zero-order valence-corrected chi connectivity index (χ0v) is 32.9. The monoisotopic (exact) mass is 689 g/mol. The van der Waals surface area contributed by atoms with Gasteiger partial charge in [0, 0.05) is 6.42 Å². The molecule has 0 spiro atoms. The van der Waals surface area contributed by atoms with Crippen LogP contribution in [0.15, 0.2) is 35.9 Å². The van der Waals surface area contributed by atoms with Crippen LogP contribution in [0.2, 0.25) is 0 Å². The molecule has 4 unspecified atom stereocenters. The first-order valence-corrected chi connectivity index (χ1v) is 21.2. The highest BCUT2D eigenvalue weighted by molar-refractivity contribution is 5.79. The van der Waals surface area contributed by atoms with Crippen LogP contribution in [0.1, 0.15) is 176 Å². The molecule has 4 aliphatic carbocycles. The predicted octanol–water partition coefficient (Wildman–Crippen LogP) is 12.6. The van der Waals surface area contributed by atoms with E-state index in [1.165, 1.54) is 89.9 Å². The van der Waals surface area contributed by atoms with Crippen molar-refractivity contribution in [2.75, 3.05) is 0 Å². The maximum atomic E-state index is 13.0. The summed E-state index contributed by atoms with van der Waals surface area (Å²) in [7, 11) is 0. The van der Waals surface area contributed by atoms with Gasteiger partial charge < -0.3 is 9.47 Å². The number of aryl methyl sites for hydroxylation is 1. The zero-order chi connectivity index (χ0) is 35.7. The van der Waals surface area contributed by atoms with Gasteiger partial charge in [0.15, 0.2) is 0 Å². The average molecular weight is 689 g/mol. The van der Waals surface area contributed by atoms with Gasteiger partial charge in [-0.3, -0.25) is 9.59 Å². The number of para-hydroxylation sites is 1. The first-order valence-electron chi connectivity index (χ1n) is 21.2. The average Bonchev–Trinajstić information content (AvgIpc) is 3.45. The van der Waals surface area contributed by atoms with Crippen molar-refractivity contribution < 1.29 is 19.1 Å². The van der Waals surface area contributed by atoms with Crippen LogP contribution >= 0.6 is 0 Å². The van der Waals surface area contributed by atoms with Crippen molar-refractivity contribution in [1.82, 2.24) is 0 Å². The van der Waals surface area contributed by atoms with E-state index in [9.17, 15) is 9.59 Å². The van der Waals surface area contributed by atoms with Crippen molar-refractivity contribution in [2.24, 2.45) is 46.3 Å². The smallest absolute Gasteiger partial charge is 0.311 e. The summed E-state index contributed by atoms with van der Waals surface area (Å²) >= 11 is 0. The number of hydrogen-bond acceptors (Lipinski definition) is 4. The fourth-order valence-electron chi connectivity index (χ4n) is 11.5. The molecule has 0 amide bonds. The summed E-state index contributed by atoms with van der Waals surface area (Å²) < 4.78 is 11.8. The second kappa shape index (κ2) is 18.1. The Kier molecular flexibility index (Phi) is 14.2. The topological polar surface area (TPSA) is 52.6 Å². The molecule has 3 fully saturated rings. The maximum absolute atomic E-state index is 13.0. The molecule has 1 aromatic carbocycles. The molecule has 0 aliphatic heterocycles. The summed E-state index contributed by atoms with van der Waals surface area (Å²) in [5.41, 5.74) is 3.36. The van der Waals surface area contributed by atoms with Gasteiger partial charge in [-0.05, 0) is 116 Å². The summed E-state index contributed by atoms with van der Waals surface area (Å²) in [6.45, 7) is 14.7. The number of allylic oxidation sites excluding steroid dienone is 1. The van der Waals surface area contributed by atoms with Crippen LogP contribution < -0.4 is 4.74 Å². The van der Waals surface area contributed by atoms with E-state index in [4.69, 9.17) is 9.47 Å². The Hall–Kier alpha value is -2.10. The Morgan fingerprint density at radius 2 is 1.56 bits per heavy atom. The second-order valence-electron chi connectivity index (χ2n) is 18.1. The van der Waals surface area contributed by atoms with Crippen LogP contribution in [0, 0.1) is 46.3 Å². The van der Waals surface area contributed by atoms with E-state index >= 15 is 0 Å². The molecular formula is C46H72O4. The van der Waals surface area contributed by atoms with Crippen LogP contribution in [0.25, 0.3) is 0 Å². The van der Waals surface area contributed by atoms with Gasteiger partial charge in [-0.15, -0.1) is 0 Å². The van der Waals surface area contributed by atoms with E-state index in [1.54, 1.807) is 5.57 Å². The fourth-order valence-corrected chi connectivity index (χ4v) is 11.5. The van der Waals surface area contributed by atoms with E-state index in [0.29, 0.717) is 11.2 Å². The minimum atomic E-state index is -0.352. The molecule has 0 N–H and O–H groups in total. The Morgan fingerprint density at radius 3 is 2.34 bits per heavy atom. The van der Waals surface area contributed by atoms with Crippen LogP contribution in [0.5, 0.6) is 5.75 Å². The van der Waals surface area contributed by atoms with E-state index in [0.717, 1.165) is 73.2 Å². The third-order valence-corrected chi connectivity index (χ3v) is 14.3. The molecule has 4 heteroatoms. The highest BCUT2D eigenvalue weighted by Gasteiger charge is 2.59. The molecule has 0 heterocycles. The summed E-state index contributed by atoms with van der Waals surface area (Å²) in [5.74, 6) is 4.98. The molecule has 0 saturated heterocycles. The van der Waals surface area contributed by atoms with Gasteiger partial charge in [-0.1, -0.05) is 129 Å². The standard InChI is InChI=1S/C46H72O4/c1-7-8-9-10-11-12-13-19-35-20-14-15-21-42(35)50-44(48)27-26-43(47)49-37-28-30-45(5)36(32-37)22-23-38-40-25-24-39(34(4)18-16-17-33(2)3)46(40,6)31-29-41(38)45/h14-15,20-22,33-34,37-41H,7-13,16-19,23-32H2,1-6H3/t34-,37?,38?,39-,40?,41?,45+,46-/m1/s1. The molecule has 5 rings (SSSR count). The lowest BCUT2D eigenvalue weighted by atomic mass is 9.47. The number of unbranched alkanes of at least 4 members (excludes halogenated alkanes) is 6. The lowest BCUT2D eigenvalue weighted by Crippen LogP contribution is -2.51. The summed E-state index contributed by atoms with van der Waals surface area (Å²) in [5, 5.41) is 0. The first kappa shape index (κ1) is 39.1. The van der Waals surface area contributed by atoms with E-state index in [1.807, 2.05) is 18.2 Å². The molecule has 0 aromatic heterocycles. The Balaban J connectivity index is 1.07. The minimum Gasteiger partial charge on any atom is -0.462 e. The summed E-state index contributed by atoms with van der Waals surface area (Å²) in [6.07, 6.45) is 26.2. The van der Waals surface area contributed by atoms with Crippen molar-refractivity contribution in [3.63, 3.8) is 0 Å². The van der Waals surface area contributed by atoms with Gasteiger partial charge in [-0.2, -0.15) is 0 Å². The first-order chi connectivity index (χ1) is 24.0. The van der Waals surface area contributed by atoms with Gasteiger partial charge >= 0.3 is 11.9 Å². The van der Waals surface area contributed by atoms with Crippen molar-refractivity contribution >= 4 is 11.9 Å². The van der Waals surface area contributed by atoms with Crippen molar-refractivity contribution in [1.29, 1.82) is 0 Å². The van der Waals surface area contributed by atoms with E-state index in [-0.39, 0.29) is 36.3 Å². The van der Waals surface area contributed by atoms with Gasteiger partial charge in [0.2, 0.25) is 0 Å². The molecule has 4 nitrogen and oxygen atoms in total. The van der Waals surface area contributed by atoms with Crippen LogP contribution in [0.4, 0.5) is 0 Å². The number of hydrogen-bond donors (Lipinski definition) is 0. The van der Waals surface area contributed by atoms with Crippen LogP contribution in [0.3, 0.4) is 0 Å².